The first-order valence-electron chi connectivity index (χ1n) is 11.5. The van der Waals surface area contributed by atoms with Crippen molar-refractivity contribution in [3.05, 3.63) is 60.2 Å². The molecule has 3 rings (SSSR count). The zero-order valence-electron chi connectivity index (χ0n) is 19.8. The highest BCUT2D eigenvalue weighted by Gasteiger charge is 2.22. The molecule has 1 saturated heterocycles. The molecule has 0 atom stereocenters. The van der Waals surface area contributed by atoms with Gasteiger partial charge in [-0.2, -0.15) is 0 Å². The molecule has 2 aromatic carbocycles. The van der Waals surface area contributed by atoms with Gasteiger partial charge in [0.15, 0.2) is 0 Å². The molecule has 0 bridgehead atoms. The molecule has 0 saturated carbocycles. The molecular weight excluding hydrogens is 416 g/mol. The van der Waals surface area contributed by atoms with Gasteiger partial charge in [0.25, 0.3) is 5.91 Å². The Morgan fingerprint density at radius 1 is 0.848 bits per heavy atom. The van der Waals surface area contributed by atoms with Gasteiger partial charge in [-0.25, -0.2) is 0 Å². The smallest absolute Gasteiger partial charge is 0.251 e. The first kappa shape index (κ1) is 24.5. The van der Waals surface area contributed by atoms with Gasteiger partial charge in [-0.15, -0.1) is 0 Å². The number of rotatable bonds is 6. The van der Waals surface area contributed by atoms with E-state index in [1.165, 1.54) is 0 Å². The first-order chi connectivity index (χ1) is 15.7. The molecule has 0 unspecified atom stereocenters. The van der Waals surface area contributed by atoms with Crippen LogP contribution in [0.15, 0.2) is 54.6 Å². The van der Waals surface area contributed by atoms with Crippen molar-refractivity contribution in [2.45, 2.75) is 32.7 Å². The fraction of sp³-hybridized carbons (Fsp3) is 0.423. The standard InChI is InChI=1S/C26H34N4O3/c1-26(2,3)28-23(31)19-29-14-7-15-30(17-16-29)24(32)18-27-25(33)22-12-10-21(11-13-22)20-8-5-4-6-9-20/h4-6,8-13H,7,14-19H2,1-3H3,(H,27,33)(H,28,31). The van der Waals surface area contributed by atoms with Crippen molar-refractivity contribution in [2.75, 3.05) is 39.3 Å². The van der Waals surface area contributed by atoms with Gasteiger partial charge < -0.3 is 15.5 Å². The lowest BCUT2D eigenvalue weighted by Crippen LogP contribution is -2.47. The highest BCUT2D eigenvalue weighted by atomic mass is 16.2. The lowest BCUT2D eigenvalue weighted by atomic mass is 10.0. The summed E-state index contributed by atoms with van der Waals surface area (Å²) in [7, 11) is 0. The molecule has 1 aliphatic rings. The topological polar surface area (TPSA) is 81.8 Å². The number of hydrogen-bond acceptors (Lipinski definition) is 4. The van der Waals surface area contributed by atoms with Gasteiger partial charge in [-0.3, -0.25) is 19.3 Å². The number of nitrogens with one attached hydrogen (secondary N) is 2. The Kier molecular flexibility index (Phi) is 8.22. The van der Waals surface area contributed by atoms with Crippen LogP contribution >= 0.6 is 0 Å². The first-order valence-corrected chi connectivity index (χ1v) is 11.5. The van der Waals surface area contributed by atoms with Crippen LogP contribution in [0, 0.1) is 0 Å². The van der Waals surface area contributed by atoms with E-state index in [2.05, 4.69) is 15.5 Å². The van der Waals surface area contributed by atoms with E-state index in [4.69, 9.17) is 0 Å². The Bertz CT molecular complexity index is 952. The molecule has 7 heteroatoms. The van der Waals surface area contributed by atoms with Gasteiger partial charge >= 0.3 is 0 Å². The van der Waals surface area contributed by atoms with E-state index < -0.39 is 0 Å². The Morgan fingerprint density at radius 3 is 2.18 bits per heavy atom. The average Bonchev–Trinajstić information content (AvgIpc) is 3.02. The van der Waals surface area contributed by atoms with E-state index >= 15 is 0 Å². The number of amides is 3. The summed E-state index contributed by atoms with van der Waals surface area (Å²) >= 11 is 0. The van der Waals surface area contributed by atoms with Crippen LogP contribution in [0.5, 0.6) is 0 Å². The molecule has 1 fully saturated rings. The van der Waals surface area contributed by atoms with Gasteiger partial charge in [-0.05, 0) is 50.5 Å². The summed E-state index contributed by atoms with van der Waals surface area (Å²) in [4.78, 5) is 41.2. The number of hydrogen-bond donors (Lipinski definition) is 2. The maximum atomic E-state index is 12.7. The van der Waals surface area contributed by atoms with Crippen LogP contribution in [-0.4, -0.2) is 72.3 Å². The lowest BCUT2D eigenvalue weighted by molar-refractivity contribution is -0.129. The van der Waals surface area contributed by atoms with Crippen molar-refractivity contribution in [1.82, 2.24) is 20.4 Å². The molecule has 3 amide bonds. The predicted molar refractivity (Wildman–Crippen MR) is 130 cm³/mol. The van der Waals surface area contributed by atoms with Gasteiger partial charge in [0.05, 0.1) is 13.1 Å². The molecule has 1 aliphatic heterocycles. The van der Waals surface area contributed by atoms with E-state index in [-0.39, 0.29) is 29.8 Å². The SMILES string of the molecule is CC(C)(C)NC(=O)CN1CCCN(C(=O)CNC(=O)c2ccc(-c3ccccc3)cc2)CC1. The summed E-state index contributed by atoms with van der Waals surface area (Å²) in [5.41, 5.74) is 2.39. The van der Waals surface area contributed by atoms with E-state index in [1.54, 1.807) is 17.0 Å². The predicted octanol–water partition coefficient (Wildman–Crippen LogP) is 2.53. The third-order valence-electron chi connectivity index (χ3n) is 5.48. The average molecular weight is 451 g/mol. The van der Waals surface area contributed by atoms with Crippen molar-refractivity contribution < 1.29 is 14.4 Å². The number of carbonyl (C=O) groups excluding carboxylic acids is 3. The van der Waals surface area contributed by atoms with E-state index in [9.17, 15) is 14.4 Å². The van der Waals surface area contributed by atoms with Crippen molar-refractivity contribution in [2.24, 2.45) is 0 Å². The zero-order chi connectivity index (χ0) is 23.8. The van der Waals surface area contributed by atoms with Crippen LogP contribution in [0.2, 0.25) is 0 Å². The Hall–Kier alpha value is -3.19. The Labute approximate surface area is 196 Å². The molecule has 2 N–H and O–H groups in total. The molecule has 1 heterocycles. The largest absolute Gasteiger partial charge is 0.350 e. The van der Waals surface area contributed by atoms with Crippen LogP contribution in [0.4, 0.5) is 0 Å². The minimum atomic E-state index is -0.265. The van der Waals surface area contributed by atoms with Crippen molar-refractivity contribution in [3.63, 3.8) is 0 Å². The molecule has 2 aromatic rings. The van der Waals surface area contributed by atoms with Crippen LogP contribution < -0.4 is 10.6 Å². The minimum absolute atomic E-state index is 0.00665. The van der Waals surface area contributed by atoms with Crippen molar-refractivity contribution in [1.29, 1.82) is 0 Å². The summed E-state index contributed by atoms with van der Waals surface area (Å²) in [6, 6.07) is 17.3. The van der Waals surface area contributed by atoms with Crippen molar-refractivity contribution >= 4 is 17.7 Å². The molecule has 0 aliphatic carbocycles. The normalized spacial score (nSPS) is 14.9. The third-order valence-corrected chi connectivity index (χ3v) is 5.48. The molecule has 0 radical (unpaired) electrons. The van der Waals surface area contributed by atoms with Crippen LogP contribution in [0.25, 0.3) is 11.1 Å². The second-order valence-electron chi connectivity index (χ2n) is 9.43. The highest BCUT2D eigenvalue weighted by molar-refractivity contribution is 5.96. The maximum absolute atomic E-state index is 12.7. The second kappa shape index (κ2) is 11.1. The summed E-state index contributed by atoms with van der Waals surface area (Å²) in [5, 5.41) is 5.71. The summed E-state index contributed by atoms with van der Waals surface area (Å²) in [6.07, 6.45) is 0.795. The fourth-order valence-corrected chi connectivity index (χ4v) is 3.85. The molecule has 176 valence electrons. The summed E-state index contributed by atoms with van der Waals surface area (Å²) < 4.78 is 0. The number of nitrogens with zero attached hydrogens (tertiary/aromatic N) is 2. The van der Waals surface area contributed by atoms with Crippen LogP contribution in [0.3, 0.4) is 0 Å². The quantitative estimate of drug-likeness (QED) is 0.709. The van der Waals surface area contributed by atoms with Gasteiger partial charge in [0, 0.05) is 37.3 Å². The minimum Gasteiger partial charge on any atom is -0.350 e. The fourth-order valence-electron chi connectivity index (χ4n) is 3.85. The lowest BCUT2D eigenvalue weighted by Gasteiger charge is -2.25. The molecule has 33 heavy (non-hydrogen) atoms. The monoisotopic (exact) mass is 450 g/mol. The Balaban J connectivity index is 1.45. The molecule has 0 spiro atoms. The summed E-state index contributed by atoms with van der Waals surface area (Å²) in [5.74, 6) is -0.378. The van der Waals surface area contributed by atoms with Gasteiger partial charge in [0.1, 0.15) is 0 Å². The third kappa shape index (κ3) is 7.71. The van der Waals surface area contributed by atoms with Gasteiger partial charge in [-0.1, -0.05) is 42.5 Å². The van der Waals surface area contributed by atoms with E-state index in [0.717, 1.165) is 24.1 Å². The second-order valence-corrected chi connectivity index (χ2v) is 9.43. The summed E-state index contributed by atoms with van der Waals surface area (Å²) in [6.45, 7) is 8.73. The highest BCUT2D eigenvalue weighted by Crippen LogP contribution is 2.19. The van der Waals surface area contributed by atoms with Crippen LogP contribution in [0.1, 0.15) is 37.6 Å². The maximum Gasteiger partial charge on any atom is 0.251 e. The van der Waals surface area contributed by atoms with Gasteiger partial charge in [0.2, 0.25) is 11.8 Å². The Morgan fingerprint density at radius 2 is 1.52 bits per heavy atom. The van der Waals surface area contributed by atoms with E-state index in [1.807, 2.05) is 63.2 Å². The zero-order valence-corrected chi connectivity index (χ0v) is 19.8. The number of carbonyl (C=O) groups is 3. The molecule has 0 aromatic heterocycles. The molecular formula is C26H34N4O3. The van der Waals surface area contributed by atoms with Crippen molar-refractivity contribution in [3.8, 4) is 11.1 Å². The van der Waals surface area contributed by atoms with E-state index in [0.29, 0.717) is 31.7 Å². The van der Waals surface area contributed by atoms with Crippen LogP contribution in [-0.2, 0) is 9.59 Å². The molecule has 7 nitrogen and oxygen atoms in total. The number of benzene rings is 2.